The predicted molar refractivity (Wildman–Crippen MR) is 88.1 cm³/mol. The molecule has 0 unspecified atom stereocenters. The van der Waals surface area contributed by atoms with Crippen LogP contribution < -0.4 is 4.74 Å². The molecule has 7 heteroatoms. The Morgan fingerprint density at radius 3 is 2.30 bits per heavy atom. The van der Waals surface area contributed by atoms with Crippen LogP contribution in [0.15, 0.2) is 17.0 Å². The molecule has 6 nitrogen and oxygen atoms in total. The van der Waals surface area contributed by atoms with Crippen molar-refractivity contribution in [1.82, 2.24) is 9.21 Å². The zero-order valence-electron chi connectivity index (χ0n) is 14.1. The molecule has 1 aliphatic rings. The summed E-state index contributed by atoms with van der Waals surface area (Å²) in [6.45, 7) is 6.97. The van der Waals surface area contributed by atoms with Crippen LogP contribution in [0, 0.1) is 13.8 Å². The lowest BCUT2D eigenvalue weighted by Crippen LogP contribution is -2.50. The fourth-order valence-corrected chi connectivity index (χ4v) is 4.69. The Morgan fingerprint density at radius 2 is 1.78 bits per heavy atom. The first kappa shape index (κ1) is 17.7. The van der Waals surface area contributed by atoms with Crippen LogP contribution in [0.25, 0.3) is 0 Å². The van der Waals surface area contributed by atoms with Gasteiger partial charge in [0.1, 0.15) is 10.6 Å². The minimum absolute atomic E-state index is 0.0612. The molecule has 1 aromatic carbocycles. The van der Waals surface area contributed by atoms with Crippen molar-refractivity contribution in [2.45, 2.75) is 32.1 Å². The average Bonchev–Trinajstić information content (AvgIpc) is 2.53. The number of nitrogens with zero attached hydrogens (tertiary/aromatic N) is 2. The van der Waals surface area contributed by atoms with E-state index in [-0.39, 0.29) is 10.8 Å². The summed E-state index contributed by atoms with van der Waals surface area (Å²) >= 11 is 0. The van der Waals surface area contributed by atoms with Crippen LogP contribution in [0.2, 0.25) is 0 Å². The number of piperazine rings is 1. The minimum atomic E-state index is -3.64. The van der Waals surface area contributed by atoms with E-state index in [1.807, 2.05) is 19.9 Å². The molecule has 0 radical (unpaired) electrons. The van der Waals surface area contributed by atoms with Crippen molar-refractivity contribution in [2.75, 3.05) is 33.3 Å². The molecule has 1 aromatic rings. The third-order valence-corrected chi connectivity index (χ3v) is 6.18. The molecule has 0 saturated carbocycles. The van der Waals surface area contributed by atoms with Crippen molar-refractivity contribution in [2.24, 2.45) is 0 Å². The van der Waals surface area contributed by atoms with Gasteiger partial charge >= 0.3 is 0 Å². The zero-order chi connectivity index (χ0) is 17.2. The predicted octanol–water partition coefficient (Wildman–Crippen LogP) is 1.55. The van der Waals surface area contributed by atoms with E-state index in [9.17, 15) is 13.2 Å². The Balaban J connectivity index is 2.29. The van der Waals surface area contributed by atoms with E-state index in [0.717, 1.165) is 5.56 Å². The number of rotatable bonds is 4. The van der Waals surface area contributed by atoms with Crippen LogP contribution in [-0.2, 0) is 14.8 Å². The molecule has 0 spiro atoms. The van der Waals surface area contributed by atoms with E-state index in [1.165, 1.54) is 11.4 Å². The second-order valence-electron chi connectivity index (χ2n) is 5.75. The van der Waals surface area contributed by atoms with Gasteiger partial charge in [0.2, 0.25) is 15.9 Å². The third-order valence-electron chi connectivity index (χ3n) is 4.10. The van der Waals surface area contributed by atoms with E-state index in [2.05, 4.69) is 0 Å². The maximum Gasteiger partial charge on any atom is 0.247 e. The molecule has 0 aromatic heterocycles. The summed E-state index contributed by atoms with van der Waals surface area (Å²) in [5.74, 6) is 0.431. The summed E-state index contributed by atoms with van der Waals surface area (Å²) in [6.07, 6.45) is 0.442. The highest BCUT2D eigenvalue weighted by Crippen LogP contribution is 2.31. The number of sulfonamides is 1. The number of amides is 1. The highest BCUT2D eigenvalue weighted by atomic mass is 32.2. The summed E-state index contributed by atoms with van der Waals surface area (Å²) in [4.78, 5) is 13.7. The SMILES string of the molecule is CCC(=O)N1CCN(S(=O)(=O)c2c(C)cc(C)cc2OC)CC1. The first-order valence-electron chi connectivity index (χ1n) is 7.74. The van der Waals surface area contributed by atoms with Gasteiger partial charge in [-0.05, 0) is 31.0 Å². The maximum absolute atomic E-state index is 13.0. The van der Waals surface area contributed by atoms with Gasteiger partial charge in [-0.3, -0.25) is 4.79 Å². The molecule has 0 bridgehead atoms. The number of ether oxygens (including phenoxy) is 1. The molecule has 1 amide bonds. The van der Waals surface area contributed by atoms with Gasteiger partial charge in [0.05, 0.1) is 7.11 Å². The van der Waals surface area contributed by atoms with Crippen LogP contribution in [0.1, 0.15) is 24.5 Å². The Bertz CT molecular complexity index is 692. The summed E-state index contributed by atoms with van der Waals surface area (Å²) < 4.78 is 32.7. The number of methoxy groups -OCH3 is 1. The molecule has 0 atom stereocenters. The second kappa shape index (κ2) is 6.88. The van der Waals surface area contributed by atoms with Gasteiger partial charge in [0.25, 0.3) is 0 Å². The highest BCUT2D eigenvalue weighted by molar-refractivity contribution is 7.89. The summed E-state index contributed by atoms with van der Waals surface area (Å²) in [5.41, 5.74) is 1.63. The Hall–Kier alpha value is -1.60. The molecular formula is C16H24N2O4S. The van der Waals surface area contributed by atoms with E-state index in [4.69, 9.17) is 4.74 Å². The van der Waals surface area contributed by atoms with Gasteiger partial charge in [0.15, 0.2) is 0 Å². The Morgan fingerprint density at radius 1 is 1.17 bits per heavy atom. The van der Waals surface area contributed by atoms with Gasteiger partial charge in [-0.1, -0.05) is 13.0 Å². The lowest BCUT2D eigenvalue weighted by atomic mass is 10.1. The Kier molecular flexibility index (Phi) is 5.31. The van der Waals surface area contributed by atoms with Crippen molar-refractivity contribution >= 4 is 15.9 Å². The summed E-state index contributed by atoms with van der Waals surface area (Å²) in [6, 6.07) is 3.57. The van der Waals surface area contributed by atoms with E-state index < -0.39 is 10.0 Å². The molecule has 1 fully saturated rings. The normalized spacial score (nSPS) is 16.4. The molecule has 1 heterocycles. The largest absolute Gasteiger partial charge is 0.495 e. The van der Waals surface area contributed by atoms with Gasteiger partial charge in [0, 0.05) is 32.6 Å². The number of carbonyl (C=O) groups is 1. The topological polar surface area (TPSA) is 66.9 Å². The molecule has 1 aliphatic heterocycles. The minimum Gasteiger partial charge on any atom is -0.495 e. The maximum atomic E-state index is 13.0. The molecule has 0 aliphatic carbocycles. The molecule has 128 valence electrons. The number of hydrogen-bond acceptors (Lipinski definition) is 4. The fourth-order valence-electron chi connectivity index (χ4n) is 2.93. The zero-order valence-corrected chi connectivity index (χ0v) is 14.9. The second-order valence-corrected chi connectivity index (χ2v) is 7.63. The number of benzene rings is 1. The number of hydrogen-bond donors (Lipinski definition) is 0. The highest BCUT2D eigenvalue weighted by Gasteiger charge is 2.33. The summed E-state index contributed by atoms with van der Waals surface area (Å²) in [5, 5.41) is 0. The van der Waals surface area contributed by atoms with Crippen molar-refractivity contribution < 1.29 is 17.9 Å². The van der Waals surface area contributed by atoms with Crippen molar-refractivity contribution in [1.29, 1.82) is 0 Å². The molecule has 23 heavy (non-hydrogen) atoms. The molecular weight excluding hydrogens is 316 g/mol. The van der Waals surface area contributed by atoms with E-state index in [1.54, 1.807) is 17.9 Å². The standard InChI is InChI=1S/C16H24N2O4S/c1-5-15(19)17-6-8-18(9-7-17)23(20,21)16-13(3)10-12(2)11-14(16)22-4/h10-11H,5-9H2,1-4H3. The number of carbonyl (C=O) groups excluding carboxylic acids is 1. The van der Waals surface area contributed by atoms with Gasteiger partial charge in [-0.25, -0.2) is 8.42 Å². The van der Waals surface area contributed by atoms with Crippen LogP contribution >= 0.6 is 0 Å². The fraction of sp³-hybridized carbons (Fsp3) is 0.562. The van der Waals surface area contributed by atoms with Crippen LogP contribution in [-0.4, -0.2) is 56.8 Å². The smallest absolute Gasteiger partial charge is 0.247 e. The van der Waals surface area contributed by atoms with Gasteiger partial charge < -0.3 is 9.64 Å². The molecule has 0 N–H and O–H groups in total. The van der Waals surface area contributed by atoms with Crippen molar-refractivity contribution in [3.63, 3.8) is 0 Å². The van der Waals surface area contributed by atoms with Gasteiger partial charge in [-0.2, -0.15) is 4.31 Å². The quantitative estimate of drug-likeness (QED) is 0.834. The van der Waals surface area contributed by atoms with Crippen LogP contribution in [0.5, 0.6) is 5.75 Å². The van der Waals surface area contributed by atoms with Crippen molar-refractivity contribution in [3.05, 3.63) is 23.3 Å². The van der Waals surface area contributed by atoms with E-state index in [0.29, 0.717) is 43.9 Å². The molecule has 2 rings (SSSR count). The van der Waals surface area contributed by atoms with Gasteiger partial charge in [-0.15, -0.1) is 0 Å². The lowest BCUT2D eigenvalue weighted by molar-refractivity contribution is -0.132. The first-order chi connectivity index (χ1) is 10.8. The van der Waals surface area contributed by atoms with E-state index >= 15 is 0 Å². The Labute approximate surface area is 138 Å². The number of aryl methyl sites for hydroxylation is 2. The first-order valence-corrected chi connectivity index (χ1v) is 9.18. The summed E-state index contributed by atoms with van der Waals surface area (Å²) in [7, 11) is -2.16. The van der Waals surface area contributed by atoms with Crippen molar-refractivity contribution in [3.8, 4) is 5.75 Å². The monoisotopic (exact) mass is 340 g/mol. The van der Waals surface area contributed by atoms with Crippen LogP contribution in [0.4, 0.5) is 0 Å². The lowest BCUT2D eigenvalue weighted by Gasteiger charge is -2.34. The third kappa shape index (κ3) is 3.50. The average molecular weight is 340 g/mol. The van der Waals surface area contributed by atoms with Crippen LogP contribution in [0.3, 0.4) is 0 Å². The molecule has 1 saturated heterocycles.